The summed E-state index contributed by atoms with van der Waals surface area (Å²) < 4.78 is 7.52. The van der Waals surface area contributed by atoms with Gasteiger partial charge in [0.05, 0.1) is 12.1 Å². The van der Waals surface area contributed by atoms with Crippen LogP contribution in [0.3, 0.4) is 0 Å². The number of benzene rings is 3. The molecule has 0 bridgehead atoms. The molecule has 0 radical (unpaired) electrons. The number of halogens is 1. The largest absolute Gasteiger partial charge is 0.494 e. The van der Waals surface area contributed by atoms with Crippen molar-refractivity contribution >= 4 is 55.9 Å². The van der Waals surface area contributed by atoms with Crippen LogP contribution in [0.4, 0.5) is 11.4 Å². The molecule has 1 aromatic heterocycles. The lowest BCUT2D eigenvalue weighted by atomic mass is 10.1. The number of aromatic nitrogens is 1. The highest BCUT2D eigenvalue weighted by atomic mass is 79.9. The molecule has 8 nitrogen and oxygen atoms in total. The molecule has 184 valence electrons. The first-order chi connectivity index (χ1) is 17.3. The molecule has 0 aliphatic heterocycles. The minimum Gasteiger partial charge on any atom is -0.494 e. The molecule has 0 fully saturated rings. The number of carbonyl (C=O) groups excluding carboxylic acids is 3. The first-order valence-corrected chi connectivity index (χ1v) is 12.1. The summed E-state index contributed by atoms with van der Waals surface area (Å²) in [5, 5.41) is 6.17. The number of nitrogens with one attached hydrogen (secondary N) is 3. The zero-order valence-corrected chi connectivity index (χ0v) is 21.6. The van der Waals surface area contributed by atoms with Crippen molar-refractivity contribution in [3.05, 3.63) is 88.0 Å². The maximum absolute atomic E-state index is 13.3. The quantitative estimate of drug-likeness (QED) is 0.281. The van der Waals surface area contributed by atoms with Crippen molar-refractivity contribution in [1.82, 2.24) is 4.68 Å². The van der Waals surface area contributed by atoms with Crippen molar-refractivity contribution < 1.29 is 19.1 Å². The first kappa shape index (κ1) is 25.0. The van der Waals surface area contributed by atoms with Gasteiger partial charge < -0.3 is 15.4 Å². The molecule has 0 saturated heterocycles. The molecule has 0 atom stereocenters. The molecule has 0 saturated carbocycles. The average Bonchev–Trinajstić information content (AvgIpc) is 3.20. The Morgan fingerprint density at radius 3 is 2.39 bits per heavy atom. The van der Waals surface area contributed by atoms with Crippen LogP contribution in [-0.4, -0.2) is 29.0 Å². The van der Waals surface area contributed by atoms with Crippen molar-refractivity contribution in [2.75, 3.05) is 22.7 Å². The summed E-state index contributed by atoms with van der Waals surface area (Å²) in [6, 6.07) is 19.3. The SMILES string of the molecule is CCOc1ccc(NC(=O)C(=O)Nn2c(C(=O)Nc3cccc(C)c3C)cc3cc(Br)ccc32)cc1. The lowest BCUT2D eigenvalue weighted by Crippen LogP contribution is -2.36. The molecular weight excluding hydrogens is 524 g/mol. The fourth-order valence-electron chi connectivity index (χ4n) is 3.69. The number of hydrogen-bond acceptors (Lipinski definition) is 4. The normalized spacial score (nSPS) is 10.7. The van der Waals surface area contributed by atoms with Crippen LogP contribution in [0.15, 0.2) is 71.2 Å². The summed E-state index contributed by atoms with van der Waals surface area (Å²) in [6.45, 7) is 6.28. The summed E-state index contributed by atoms with van der Waals surface area (Å²) in [7, 11) is 0. The maximum atomic E-state index is 13.3. The molecule has 3 amide bonds. The van der Waals surface area contributed by atoms with Crippen molar-refractivity contribution in [2.24, 2.45) is 0 Å². The highest BCUT2D eigenvalue weighted by Gasteiger charge is 2.21. The van der Waals surface area contributed by atoms with Gasteiger partial charge in [-0.3, -0.25) is 19.8 Å². The molecular formula is C27H25BrN4O4. The lowest BCUT2D eigenvalue weighted by Gasteiger charge is -2.14. The monoisotopic (exact) mass is 548 g/mol. The number of fused-ring (bicyclic) bond motifs is 1. The van der Waals surface area contributed by atoms with Gasteiger partial charge in [-0.2, -0.15) is 0 Å². The summed E-state index contributed by atoms with van der Waals surface area (Å²) in [5.41, 5.74) is 6.38. The van der Waals surface area contributed by atoms with E-state index < -0.39 is 17.7 Å². The second-order valence-corrected chi connectivity index (χ2v) is 9.04. The number of rotatable bonds is 6. The third kappa shape index (κ3) is 5.41. The topological polar surface area (TPSA) is 101 Å². The molecule has 3 aromatic carbocycles. The maximum Gasteiger partial charge on any atom is 0.328 e. The second kappa shape index (κ2) is 10.7. The van der Waals surface area contributed by atoms with Crippen LogP contribution >= 0.6 is 15.9 Å². The van der Waals surface area contributed by atoms with E-state index in [1.807, 2.05) is 45.0 Å². The number of ether oxygens (including phenoxy) is 1. The van der Waals surface area contributed by atoms with Gasteiger partial charge in [-0.05, 0) is 86.5 Å². The molecule has 4 rings (SSSR count). The van der Waals surface area contributed by atoms with Crippen LogP contribution in [0.5, 0.6) is 5.75 Å². The van der Waals surface area contributed by atoms with Crippen LogP contribution in [-0.2, 0) is 9.59 Å². The van der Waals surface area contributed by atoms with E-state index in [-0.39, 0.29) is 5.69 Å². The summed E-state index contributed by atoms with van der Waals surface area (Å²) in [4.78, 5) is 38.7. The molecule has 0 unspecified atom stereocenters. The third-order valence-electron chi connectivity index (χ3n) is 5.69. The van der Waals surface area contributed by atoms with E-state index in [2.05, 4.69) is 32.0 Å². The molecule has 0 aliphatic carbocycles. The van der Waals surface area contributed by atoms with Crippen LogP contribution in [0.1, 0.15) is 28.5 Å². The van der Waals surface area contributed by atoms with E-state index in [0.717, 1.165) is 15.6 Å². The van der Waals surface area contributed by atoms with E-state index in [9.17, 15) is 14.4 Å². The Balaban J connectivity index is 1.59. The van der Waals surface area contributed by atoms with Crippen LogP contribution < -0.4 is 20.8 Å². The number of amides is 3. The number of carbonyl (C=O) groups is 3. The summed E-state index contributed by atoms with van der Waals surface area (Å²) in [6.07, 6.45) is 0. The number of anilines is 2. The Kier molecular flexibility index (Phi) is 7.40. The zero-order valence-electron chi connectivity index (χ0n) is 20.0. The molecule has 0 spiro atoms. The predicted octanol–water partition coefficient (Wildman–Crippen LogP) is 5.38. The molecule has 36 heavy (non-hydrogen) atoms. The Morgan fingerprint density at radius 2 is 1.67 bits per heavy atom. The molecule has 1 heterocycles. The Labute approximate surface area is 216 Å². The summed E-state index contributed by atoms with van der Waals surface area (Å²) in [5.74, 6) is -1.57. The standard InChI is InChI=1S/C27H25BrN4O4/c1-4-36-21-11-9-20(10-12-21)29-26(34)27(35)31-32-23-13-8-19(28)14-18(23)15-24(32)25(33)30-22-7-5-6-16(2)17(22)3/h5-15H,4H2,1-3H3,(H,29,34)(H,30,33)(H,31,35). The van der Waals surface area contributed by atoms with Gasteiger partial charge in [0.1, 0.15) is 11.4 Å². The third-order valence-corrected chi connectivity index (χ3v) is 6.19. The average molecular weight is 549 g/mol. The van der Waals surface area contributed by atoms with E-state index >= 15 is 0 Å². The Hall–Kier alpha value is -4.11. The molecule has 0 aliphatic rings. The fourth-order valence-corrected chi connectivity index (χ4v) is 4.07. The van der Waals surface area contributed by atoms with Gasteiger partial charge in [0.15, 0.2) is 0 Å². The zero-order chi connectivity index (χ0) is 25.8. The van der Waals surface area contributed by atoms with Gasteiger partial charge >= 0.3 is 11.8 Å². The van der Waals surface area contributed by atoms with E-state index in [1.165, 1.54) is 4.68 Å². The fraction of sp³-hybridized carbons (Fsp3) is 0.148. The lowest BCUT2D eigenvalue weighted by molar-refractivity contribution is -0.133. The van der Waals surface area contributed by atoms with Gasteiger partial charge in [-0.25, -0.2) is 4.68 Å². The van der Waals surface area contributed by atoms with E-state index in [0.29, 0.717) is 34.6 Å². The van der Waals surface area contributed by atoms with Gasteiger partial charge in [-0.1, -0.05) is 28.1 Å². The first-order valence-electron chi connectivity index (χ1n) is 11.3. The van der Waals surface area contributed by atoms with Gasteiger partial charge in [0.25, 0.3) is 5.91 Å². The molecule has 3 N–H and O–H groups in total. The molecule has 9 heteroatoms. The van der Waals surface area contributed by atoms with E-state index in [4.69, 9.17) is 4.74 Å². The summed E-state index contributed by atoms with van der Waals surface area (Å²) >= 11 is 3.43. The van der Waals surface area contributed by atoms with Crippen LogP contribution in [0, 0.1) is 13.8 Å². The van der Waals surface area contributed by atoms with Gasteiger partial charge in [0.2, 0.25) is 0 Å². The minimum absolute atomic E-state index is 0.172. The Morgan fingerprint density at radius 1 is 0.917 bits per heavy atom. The smallest absolute Gasteiger partial charge is 0.328 e. The van der Waals surface area contributed by atoms with Crippen molar-refractivity contribution in [2.45, 2.75) is 20.8 Å². The Bertz CT molecular complexity index is 1460. The highest BCUT2D eigenvalue weighted by molar-refractivity contribution is 9.10. The second-order valence-electron chi connectivity index (χ2n) is 8.12. The predicted molar refractivity (Wildman–Crippen MR) is 144 cm³/mol. The highest BCUT2D eigenvalue weighted by Crippen LogP contribution is 2.25. The van der Waals surface area contributed by atoms with Crippen LogP contribution in [0.2, 0.25) is 0 Å². The van der Waals surface area contributed by atoms with E-state index in [1.54, 1.807) is 42.5 Å². The van der Waals surface area contributed by atoms with Crippen molar-refractivity contribution in [1.29, 1.82) is 0 Å². The van der Waals surface area contributed by atoms with Crippen LogP contribution in [0.25, 0.3) is 10.9 Å². The number of aryl methyl sites for hydroxylation is 1. The van der Waals surface area contributed by atoms with Crippen molar-refractivity contribution in [3.63, 3.8) is 0 Å². The number of hydrogen-bond donors (Lipinski definition) is 3. The van der Waals surface area contributed by atoms with Crippen molar-refractivity contribution in [3.8, 4) is 5.75 Å². The number of nitrogens with zero attached hydrogens (tertiary/aromatic N) is 1. The van der Waals surface area contributed by atoms with Gasteiger partial charge in [-0.15, -0.1) is 0 Å². The van der Waals surface area contributed by atoms with Gasteiger partial charge in [0, 0.05) is 21.2 Å². The minimum atomic E-state index is -0.926. The molecule has 4 aromatic rings.